The van der Waals surface area contributed by atoms with E-state index in [-0.39, 0.29) is 6.42 Å². The SMILES string of the molecule is COc1ccc(C(F)(F)F)cc1C[C@@H](C)O. The summed E-state index contributed by atoms with van der Waals surface area (Å²) in [6, 6.07) is 3.23. The first-order chi connectivity index (χ1) is 7.34. The van der Waals surface area contributed by atoms with E-state index in [1.165, 1.54) is 20.1 Å². The maximum atomic E-state index is 12.4. The summed E-state index contributed by atoms with van der Waals surface area (Å²) in [4.78, 5) is 0. The minimum Gasteiger partial charge on any atom is -0.496 e. The van der Waals surface area contributed by atoms with Crippen LogP contribution in [0, 0.1) is 0 Å². The van der Waals surface area contributed by atoms with E-state index in [4.69, 9.17) is 4.74 Å². The fourth-order valence-electron chi connectivity index (χ4n) is 1.43. The number of alkyl halides is 3. The Balaban J connectivity index is 3.11. The lowest BCUT2D eigenvalue weighted by Crippen LogP contribution is -2.10. The number of halogens is 3. The molecule has 1 N–H and O–H groups in total. The van der Waals surface area contributed by atoms with E-state index in [0.717, 1.165) is 12.1 Å². The van der Waals surface area contributed by atoms with Crippen molar-refractivity contribution in [3.63, 3.8) is 0 Å². The van der Waals surface area contributed by atoms with Crippen LogP contribution < -0.4 is 4.74 Å². The van der Waals surface area contributed by atoms with E-state index in [0.29, 0.717) is 11.3 Å². The molecule has 0 fully saturated rings. The summed E-state index contributed by atoms with van der Waals surface area (Å²) in [5.41, 5.74) is -0.378. The Labute approximate surface area is 91.7 Å². The van der Waals surface area contributed by atoms with Crippen molar-refractivity contribution in [3.8, 4) is 5.75 Å². The standard InChI is InChI=1S/C11H13F3O2/c1-7(15)5-8-6-9(11(12,13)14)3-4-10(8)16-2/h3-4,6-7,15H,5H2,1-2H3/t7-/m1/s1. The molecule has 1 aromatic rings. The molecule has 1 aromatic carbocycles. The monoisotopic (exact) mass is 234 g/mol. The Morgan fingerprint density at radius 1 is 1.38 bits per heavy atom. The van der Waals surface area contributed by atoms with Crippen molar-refractivity contribution in [3.05, 3.63) is 29.3 Å². The molecule has 0 bridgehead atoms. The first-order valence-electron chi connectivity index (χ1n) is 4.76. The molecule has 0 amide bonds. The molecule has 5 heteroatoms. The van der Waals surface area contributed by atoms with E-state index >= 15 is 0 Å². The van der Waals surface area contributed by atoms with Gasteiger partial charge in [-0.3, -0.25) is 0 Å². The van der Waals surface area contributed by atoms with Crippen LogP contribution in [-0.2, 0) is 12.6 Å². The normalized spacial score (nSPS) is 13.6. The summed E-state index contributed by atoms with van der Waals surface area (Å²) in [5, 5.41) is 9.18. The van der Waals surface area contributed by atoms with Crippen LogP contribution in [0.15, 0.2) is 18.2 Å². The Morgan fingerprint density at radius 2 is 2.00 bits per heavy atom. The van der Waals surface area contributed by atoms with Crippen LogP contribution in [0.1, 0.15) is 18.1 Å². The van der Waals surface area contributed by atoms with Gasteiger partial charge in [0.15, 0.2) is 0 Å². The topological polar surface area (TPSA) is 29.5 Å². The van der Waals surface area contributed by atoms with Gasteiger partial charge in [0.1, 0.15) is 5.75 Å². The molecule has 0 unspecified atom stereocenters. The van der Waals surface area contributed by atoms with E-state index in [9.17, 15) is 18.3 Å². The molecule has 0 radical (unpaired) electrons. The quantitative estimate of drug-likeness (QED) is 0.871. The fraction of sp³-hybridized carbons (Fsp3) is 0.455. The van der Waals surface area contributed by atoms with Crippen molar-refractivity contribution in [2.75, 3.05) is 7.11 Å². The van der Waals surface area contributed by atoms with Crippen LogP contribution in [0.4, 0.5) is 13.2 Å². The van der Waals surface area contributed by atoms with Crippen LogP contribution >= 0.6 is 0 Å². The third-order valence-electron chi connectivity index (χ3n) is 2.12. The third kappa shape index (κ3) is 3.13. The average Bonchev–Trinajstić information content (AvgIpc) is 2.15. The van der Waals surface area contributed by atoms with Gasteiger partial charge in [-0.1, -0.05) is 0 Å². The highest BCUT2D eigenvalue weighted by Gasteiger charge is 2.31. The van der Waals surface area contributed by atoms with Gasteiger partial charge in [-0.15, -0.1) is 0 Å². The lowest BCUT2D eigenvalue weighted by atomic mass is 10.0. The largest absolute Gasteiger partial charge is 0.496 e. The van der Waals surface area contributed by atoms with Gasteiger partial charge in [0, 0.05) is 6.42 Å². The predicted molar refractivity (Wildman–Crippen MR) is 53.4 cm³/mol. The Bertz CT molecular complexity index is 359. The van der Waals surface area contributed by atoms with Gasteiger partial charge in [0.25, 0.3) is 0 Å². The minimum absolute atomic E-state index is 0.132. The number of hydrogen-bond donors (Lipinski definition) is 1. The summed E-state index contributed by atoms with van der Waals surface area (Å²) in [6.07, 6.45) is -4.95. The number of rotatable bonds is 3. The van der Waals surface area contributed by atoms with Crippen molar-refractivity contribution < 1.29 is 23.0 Å². The zero-order valence-corrected chi connectivity index (χ0v) is 9.01. The Hall–Kier alpha value is -1.23. The summed E-state index contributed by atoms with van der Waals surface area (Å²) in [7, 11) is 1.38. The highest BCUT2D eigenvalue weighted by Crippen LogP contribution is 2.32. The molecule has 2 nitrogen and oxygen atoms in total. The van der Waals surface area contributed by atoms with Crippen LogP contribution in [0.5, 0.6) is 5.75 Å². The zero-order chi connectivity index (χ0) is 12.3. The lowest BCUT2D eigenvalue weighted by Gasteiger charge is -2.13. The number of benzene rings is 1. The molecular formula is C11H13F3O2. The van der Waals surface area contributed by atoms with Gasteiger partial charge in [0.05, 0.1) is 18.8 Å². The lowest BCUT2D eigenvalue weighted by molar-refractivity contribution is -0.137. The van der Waals surface area contributed by atoms with Gasteiger partial charge < -0.3 is 9.84 Å². The molecular weight excluding hydrogens is 221 g/mol. The number of aliphatic hydroxyl groups excluding tert-OH is 1. The highest BCUT2D eigenvalue weighted by atomic mass is 19.4. The zero-order valence-electron chi connectivity index (χ0n) is 9.01. The van der Waals surface area contributed by atoms with E-state index < -0.39 is 17.8 Å². The molecule has 0 aliphatic carbocycles. The average molecular weight is 234 g/mol. The van der Waals surface area contributed by atoms with Crippen molar-refractivity contribution in [2.24, 2.45) is 0 Å². The van der Waals surface area contributed by atoms with Gasteiger partial charge >= 0.3 is 6.18 Å². The summed E-state index contributed by atoms with van der Waals surface area (Å²) in [5.74, 6) is 0.355. The molecule has 0 saturated heterocycles. The van der Waals surface area contributed by atoms with Gasteiger partial charge in [-0.05, 0) is 30.7 Å². The maximum absolute atomic E-state index is 12.4. The Kier molecular flexibility index (Phi) is 3.80. The molecule has 1 rings (SSSR count). The van der Waals surface area contributed by atoms with E-state index in [2.05, 4.69) is 0 Å². The van der Waals surface area contributed by atoms with Gasteiger partial charge in [-0.2, -0.15) is 13.2 Å². The number of ether oxygens (including phenoxy) is 1. The molecule has 0 aliphatic heterocycles. The van der Waals surface area contributed by atoms with Crippen LogP contribution in [0.3, 0.4) is 0 Å². The smallest absolute Gasteiger partial charge is 0.416 e. The molecule has 0 aromatic heterocycles. The third-order valence-corrected chi connectivity index (χ3v) is 2.12. The molecule has 0 aliphatic rings. The second-order valence-corrected chi connectivity index (χ2v) is 3.58. The molecule has 0 heterocycles. The van der Waals surface area contributed by atoms with Gasteiger partial charge in [-0.25, -0.2) is 0 Å². The molecule has 90 valence electrons. The number of hydrogen-bond acceptors (Lipinski definition) is 2. The molecule has 1 atom stereocenters. The summed E-state index contributed by atoms with van der Waals surface area (Å²) < 4.78 is 42.2. The minimum atomic E-state index is -4.38. The molecule has 16 heavy (non-hydrogen) atoms. The van der Waals surface area contributed by atoms with Crippen molar-refractivity contribution in [2.45, 2.75) is 25.6 Å². The van der Waals surface area contributed by atoms with Crippen LogP contribution in [-0.4, -0.2) is 18.3 Å². The second kappa shape index (κ2) is 4.74. The highest BCUT2D eigenvalue weighted by molar-refractivity contribution is 5.38. The number of methoxy groups -OCH3 is 1. The van der Waals surface area contributed by atoms with E-state index in [1.54, 1.807) is 0 Å². The maximum Gasteiger partial charge on any atom is 0.416 e. The first-order valence-corrected chi connectivity index (χ1v) is 4.76. The Morgan fingerprint density at radius 3 is 2.44 bits per heavy atom. The van der Waals surface area contributed by atoms with Crippen LogP contribution in [0.25, 0.3) is 0 Å². The van der Waals surface area contributed by atoms with E-state index in [1.807, 2.05) is 0 Å². The molecule has 0 spiro atoms. The van der Waals surface area contributed by atoms with Crippen LogP contribution in [0.2, 0.25) is 0 Å². The van der Waals surface area contributed by atoms with Gasteiger partial charge in [0.2, 0.25) is 0 Å². The van der Waals surface area contributed by atoms with Crippen molar-refractivity contribution >= 4 is 0 Å². The number of aliphatic hydroxyl groups is 1. The first kappa shape index (κ1) is 12.8. The summed E-state index contributed by atoms with van der Waals surface area (Å²) in [6.45, 7) is 1.51. The second-order valence-electron chi connectivity index (χ2n) is 3.58. The van der Waals surface area contributed by atoms with Crippen molar-refractivity contribution in [1.82, 2.24) is 0 Å². The molecule has 0 saturated carbocycles. The van der Waals surface area contributed by atoms with Crippen molar-refractivity contribution in [1.29, 1.82) is 0 Å². The summed E-state index contributed by atoms with van der Waals surface area (Å²) >= 11 is 0. The predicted octanol–water partition coefficient (Wildman–Crippen LogP) is 2.64. The fourth-order valence-corrected chi connectivity index (χ4v) is 1.43.